The molecule has 90 heavy (non-hydrogen) atoms. The van der Waals surface area contributed by atoms with Crippen molar-refractivity contribution < 1.29 is 4.79 Å². The Morgan fingerprint density at radius 3 is 1.52 bits per heavy atom. The van der Waals surface area contributed by atoms with Crippen LogP contribution in [0.3, 0.4) is 0 Å². The lowest BCUT2D eigenvalue weighted by Crippen LogP contribution is -2.50. The summed E-state index contributed by atoms with van der Waals surface area (Å²) >= 11 is 11.3. The number of alkyl halides is 1. The van der Waals surface area contributed by atoms with Gasteiger partial charge >= 0.3 is 0 Å². The Morgan fingerprint density at radius 1 is 0.522 bits per heavy atom. The summed E-state index contributed by atoms with van der Waals surface area (Å²) in [6, 6.07) is 9.99. The predicted molar refractivity (Wildman–Crippen MR) is 364 cm³/mol. The number of nitrogens with one attached hydrogen (secondary N) is 3. The average molecular weight is 1280 g/mol. The van der Waals surface area contributed by atoms with Crippen LogP contribution in [-0.4, -0.2) is 232 Å². The van der Waals surface area contributed by atoms with Crippen LogP contribution in [-0.2, 0) is 6.54 Å². The molecule has 26 heteroatoms. The van der Waals surface area contributed by atoms with Gasteiger partial charge in [0, 0.05) is 115 Å². The van der Waals surface area contributed by atoms with E-state index >= 15 is 0 Å². The second-order valence-corrected chi connectivity index (χ2v) is 25.9. The minimum Gasteiger partial charge on any atom is -0.368 e. The number of nitrogens with two attached hydrogens (primary N) is 3. The second-order valence-electron chi connectivity index (χ2n) is 25.2. The molecule has 490 valence electrons. The Morgan fingerprint density at radius 2 is 0.989 bits per heavy atom. The van der Waals surface area contributed by atoms with Crippen LogP contribution in [0.15, 0.2) is 43.2 Å². The fourth-order valence-electron chi connectivity index (χ4n) is 14.1. The molecule has 11 heterocycles. The number of hydrogen-bond acceptors (Lipinski definition) is 21. The third-order valence-electron chi connectivity index (χ3n) is 19.0. The van der Waals surface area contributed by atoms with E-state index in [4.69, 9.17) is 45.4 Å². The van der Waals surface area contributed by atoms with Crippen LogP contribution in [0.2, 0.25) is 5.15 Å². The lowest BCUT2D eigenvalue weighted by molar-refractivity contribution is 0.112. The first kappa shape index (κ1) is 66.8. The number of anilines is 5. The molecule has 15 rings (SSSR count). The molecule has 1 aromatic carbocycles. The van der Waals surface area contributed by atoms with Gasteiger partial charge < -0.3 is 56.7 Å². The van der Waals surface area contributed by atoms with Crippen molar-refractivity contribution in [1.29, 1.82) is 0 Å². The van der Waals surface area contributed by atoms with Crippen molar-refractivity contribution in [3.63, 3.8) is 0 Å². The molecule has 0 unspecified atom stereocenters. The highest BCUT2D eigenvalue weighted by Crippen LogP contribution is 2.30. The first-order valence-corrected chi connectivity index (χ1v) is 34.5. The fourth-order valence-corrected chi connectivity index (χ4v) is 14.4. The quantitative estimate of drug-likeness (QED) is 0.0363. The van der Waals surface area contributed by atoms with E-state index < -0.39 is 0 Å². The molecule has 0 bridgehead atoms. The number of likely N-dealkylation sites (tertiary alicyclic amines) is 2. The molecule has 24 nitrogen and oxygen atoms in total. The van der Waals surface area contributed by atoms with E-state index in [0.29, 0.717) is 33.9 Å². The van der Waals surface area contributed by atoms with E-state index in [0.717, 1.165) is 142 Å². The van der Waals surface area contributed by atoms with Crippen molar-refractivity contribution >= 4 is 92.5 Å². The van der Waals surface area contributed by atoms with E-state index in [-0.39, 0.29) is 5.95 Å². The van der Waals surface area contributed by atoms with Crippen LogP contribution < -0.4 is 32.3 Å². The van der Waals surface area contributed by atoms with E-state index in [1.165, 1.54) is 174 Å². The van der Waals surface area contributed by atoms with E-state index in [1.807, 2.05) is 37.5 Å². The van der Waals surface area contributed by atoms with Gasteiger partial charge in [-0.15, -0.1) is 11.6 Å². The lowest BCUT2D eigenvalue weighted by Gasteiger charge is -2.38. The number of aryl methyl sites for hydroxylation is 2. The molecule has 3 saturated carbocycles. The summed E-state index contributed by atoms with van der Waals surface area (Å²) in [5.41, 5.74) is 23.6. The number of piperazine rings is 3. The Hall–Kier alpha value is -6.12. The SMILES string of the molecule is C1CCC(N2CCNCC2)C1.Cc1ccc(C=O)cc1.ClCCCN1CCCC1.Nc1nc(Cl)c2[nH]cnc2n1.Nc1nc(N2CCN(C3CCCC3)CC2)c2[nH]cnc2n1.Nc1nc(N2CCN(C3CCCC3)CC2)c2ncn(CCCN3CCCC3)c2n1. The number of fused-ring (bicyclic) bond motifs is 3. The molecule has 8 fully saturated rings. The third-order valence-corrected chi connectivity index (χ3v) is 19.5. The Labute approximate surface area is 541 Å². The third kappa shape index (κ3) is 19.0. The van der Waals surface area contributed by atoms with Gasteiger partial charge in [0.25, 0.3) is 0 Å². The van der Waals surface area contributed by atoms with Crippen molar-refractivity contribution in [3.05, 3.63) is 59.5 Å². The van der Waals surface area contributed by atoms with Crippen LogP contribution in [0, 0.1) is 6.92 Å². The molecule has 9 N–H and O–H groups in total. The van der Waals surface area contributed by atoms with Crippen molar-refractivity contribution in [2.75, 3.05) is 151 Å². The number of aldehydes is 1. The molecule has 0 amide bonds. The number of carbonyl (C=O) groups is 1. The first-order chi connectivity index (χ1) is 44.1. The number of benzene rings is 1. The molecular weight excluding hydrogens is 1180 g/mol. The van der Waals surface area contributed by atoms with Gasteiger partial charge in [0.05, 0.1) is 19.0 Å². The maximum absolute atomic E-state index is 10.1. The summed E-state index contributed by atoms with van der Waals surface area (Å²) in [6.07, 6.45) is 30.5. The van der Waals surface area contributed by atoms with Crippen molar-refractivity contribution in [2.24, 2.45) is 0 Å². The monoisotopic (exact) mass is 1280 g/mol. The second kappa shape index (κ2) is 34.5. The van der Waals surface area contributed by atoms with Crippen LogP contribution in [0.1, 0.15) is 131 Å². The lowest BCUT2D eigenvalue weighted by atomic mass is 10.2. The summed E-state index contributed by atoms with van der Waals surface area (Å²) in [5.74, 6) is 3.40. The summed E-state index contributed by atoms with van der Waals surface area (Å²) in [5, 5.41) is 3.69. The zero-order valence-corrected chi connectivity index (χ0v) is 54.7. The highest BCUT2D eigenvalue weighted by Gasteiger charge is 2.30. The average Bonchev–Trinajstić information content (AvgIpc) is 1.64. The number of nitrogens with zero attached hydrogens (tertiary/aromatic N) is 17. The number of rotatable bonds is 13. The summed E-state index contributed by atoms with van der Waals surface area (Å²) in [4.78, 5) is 71.7. The molecule has 6 aromatic heterocycles. The van der Waals surface area contributed by atoms with Gasteiger partial charge in [0.2, 0.25) is 17.8 Å². The maximum atomic E-state index is 10.1. The molecule has 5 saturated heterocycles. The normalized spacial score (nSPS) is 20.1. The van der Waals surface area contributed by atoms with Crippen molar-refractivity contribution in [3.8, 4) is 0 Å². The highest BCUT2D eigenvalue weighted by atomic mass is 35.5. The molecule has 0 spiro atoms. The summed E-state index contributed by atoms with van der Waals surface area (Å²) < 4.78 is 2.15. The minimum atomic E-state index is 0.134. The van der Waals surface area contributed by atoms with Crippen LogP contribution in [0.4, 0.5) is 29.5 Å². The number of hydrogen-bond donors (Lipinski definition) is 6. The van der Waals surface area contributed by atoms with Crippen molar-refractivity contribution in [2.45, 2.75) is 147 Å². The number of aromatic nitrogens is 12. The van der Waals surface area contributed by atoms with Gasteiger partial charge in [-0.3, -0.25) is 19.5 Å². The van der Waals surface area contributed by atoms with Gasteiger partial charge in [-0.1, -0.05) is 80.0 Å². The molecule has 5 aliphatic heterocycles. The topological polar surface area (TPSA) is 282 Å². The molecular formula is C64H99Cl2N23O. The Bertz CT molecular complexity index is 3220. The molecule has 7 aromatic rings. The number of H-pyrrole nitrogens is 2. The van der Waals surface area contributed by atoms with Crippen LogP contribution in [0.25, 0.3) is 33.5 Å². The number of halogens is 2. The Kier molecular flexibility index (Phi) is 25.6. The van der Waals surface area contributed by atoms with E-state index in [9.17, 15) is 4.79 Å². The zero-order valence-electron chi connectivity index (χ0n) is 53.2. The van der Waals surface area contributed by atoms with Gasteiger partial charge in [0.1, 0.15) is 17.3 Å². The minimum absolute atomic E-state index is 0.134. The number of nitrogen functional groups attached to an aromatic ring is 3. The molecule has 0 atom stereocenters. The maximum Gasteiger partial charge on any atom is 0.224 e. The van der Waals surface area contributed by atoms with E-state index in [2.05, 4.69) is 94.0 Å². The van der Waals surface area contributed by atoms with Gasteiger partial charge in [-0.25, -0.2) is 15.0 Å². The number of imidazole rings is 3. The first-order valence-electron chi connectivity index (χ1n) is 33.6. The van der Waals surface area contributed by atoms with Gasteiger partial charge in [0.15, 0.2) is 39.2 Å². The van der Waals surface area contributed by atoms with Gasteiger partial charge in [-0.2, -0.15) is 29.9 Å². The predicted octanol–water partition coefficient (Wildman–Crippen LogP) is 7.90. The van der Waals surface area contributed by atoms with Gasteiger partial charge in [-0.05, 0) is 123 Å². The molecule has 3 aliphatic carbocycles. The summed E-state index contributed by atoms with van der Waals surface area (Å²) in [6.45, 7) is 23.7. The Balaban J connectivity index is 0.000000127. The summed E-state index contributed by atoms with van der Waals surface area (Å²) in [7, 11) is 0. The fraction of sp³-hybridized carbons (Fsp3) is 0.656. The molecule has 8 aliphatic rings. The largest absolute Gasteiger partial charge is 0.368 e. The number of aromatic amines is 2. The van der Waals surface area contributed by atoms with Crippen LogP contribution in [0.5, 0.6) is 0 Å². The standard InChI is InChI=1S/C21H34N8.C14H21N7.C9H18N2.C8H8O.C7H14ClN.C5H4ClN5/c22-21-24-19(28-14-12-27(13-15-28)17-6-1-2-7-17)18-20(25-21)29(16-23-18)11-5-10-26-8-3-4-9-26;15-14-18-12-11(16-9-17-12)13(19-14)21-7-5-20(6-8-21)10-3-1-2-4-10;1-2-4-9(3-1)11-7-5-10-6-8-11;1-7-2-4-8(6-9)5-3-7;8-4-3-7-9-5-1-2-6-9;6-3-2-4(9-1-8-2)11-5(7)10-3/h16-17H,1-15H2,(H2,22,24,25);9-10H,1-8H2,(H3,15,16,17,18,19);9-10H,1-8H2;2-6H,1H3;1-7H2;1H,(H3,7,8,9,10,11). The molecule has 0 radical (unpaired) electrons. The zero-order chi connectivity index (χ0) is 62.4. The van der Waals surface area contributed by atoms with Crippen LogP contribution >= 0.6 is 23.2 Å². The van der Waals surface area contributed by atoms with E-state index in [1.54, 1.807) is 6.33 Å². The van der Waals surface area contributed by atoms with Crippen molar-refractivity contribution in [1.82, 2.24) is 89.2 Å². The smallest absolute Gasteiger partial charge is 0.224 e. The number of carbonyl (C=O) groups excluding carboxylic acids is 1. The highest BCUT2D eigenvalue weighted by molar-refractivity contribution is 6.33.